The van der Waals surface area contributed by atoms with Crippen molar-refractivity contribution in [1.29, 1.82) is 0 Å². The summed E-state index contributed by atoms with van der Waals surface area (Å²) >= 11 is 2.09. The summed E-state index contributed by atoms with van der Waals surface area (Å²) < 4.78 is 0. The third kappa shape index (κ3) is 3.04. The zero-order chi connectivity index (χ0) is 8.27. The van der Waals surface area contributed by atoms with E-state index in [4.69, 9.17) is 0 Å². The first-order valence-electron chi connectivity index (χ1n) is 4.52. The third-order valence-corrected chi connectivity index (χ3v) is 3.54. The second-order valence-corrected chi connectivity index (χ2v) is 5.27. The van der Waals surface area contributed by atoms with Crippen LogP contribution in [0, 0.1) is 0 Å². The van der Waals surface area contributed by atoms with Crippen LogP contribution in [-0.2, 0) is 0 Å². The number of likely N-dealkylation sites (tertiary alicyclic amines) is 1. The Morgan fingerprint density at radius 3 is 2.73 bits per heavy atom. The predicted octanol–water partition coefficient (Wildman–Crippen LogP) is 2.22. The molecule has 0 aliphatic carbocycles. The molecule has 1 atom stereocenters. The molecule has 1 saturated heterocycles. The van der Waals surface area contributed by atoms with Gasteiger partial charge in [0.15, 0.2) is 0 Å². The van der Waals surface area contributed by atoms with E-state index in [-0.39, 0.29) is 0 Å². The van der Waals surface area contributed by atoms with Crippen LogP contribution in [0.25, 0.3) is 0 Å². The molecular weight excluding hydrogens is 154 g/mol. The summed E-state index contributed by atoms with van der Waals surface area (Å²) in [5, 5.41) is 0.795. The topological polar surface area (TPSA) is 3.24 Å². The van der Waals surface area contributed by atoms with Crippen LogP contribution in [0.2, 0.25) is 0 Å². The normalized spacial score (nSPS) is 26.7. The largest absolute Gasteiger partial charge is 0.303 e. The van der Waals surface area contributed by atoms with Crippen LogP contribution in [0.15, 0.2) is 0 Å². The van der Waals surface area contributed by atoms with Gasteiger partial charge in [0.2, 0.25) is 0 Å². The van der Waals surface area contributed by atoms with Crippen LogP contribution >= 0.6 is 11.8 Å². The molecule has 11 heavy (non-hydrogen) atoms. The Balaban J connectivity index is 2.15. The first-order valence-corrected chi connectivity index (χ1v) is 5.57. The van der Waals surface area contributed by atoms with Gasteiger partial charge in [0.25, 0.3) is 0 Å². The van der Waals surface area contributed by atoms with E-state index in [0.29, 0.717) is 0 Å². The monoisotopic (exact) mass is 173 g/mol. The lowest BCUT2D eigenvalue weighted by molar-refractivity contribution is 0.335. The van der Waals surface area contributed by atoms with Crippen LogP contribution < -0.4 is 0 Å². The molecule has 0 unspecified atom stereocenters. The van der Waals surface area contributed by atoms with Gasteiger partial charge in [0.1, 0.15) is 0 Å². The summed E-state index contributed by atoms with van der Waals surface area (Å²) in [4.78, 5) is 2.50. The van der Waals surface area contributed by atoms with Gasteiger partial charge in [-0.25, -0.2) is 0 Å². The highest BCUT2D eigenvalue weighted by Gasteiger charge is 2.20. The SMILES string of the molecule is CC(C)SC[C@@H]1CCCN1C. The Labute approximate surface area is 74.5 Å². The summed E-state index contributed by atoms with van der Waals surface area (Å²) in [5.74, 6) is 1.33. The van der Waals surface area contributed by atoms with Crippen molar-refractivity contribution in [2.45, 2.75) is 38.0 Å². The van der Waals surface area contributed by atoms with Gasteiger partial charge < -0.3 is 4.90 Å². The highest BCUT2D eigenvalue weighted by Crippen LogP contribution is 2.21. The molecule has 66 valence electrons. The first-order chi connectivity index (χ1) is 5.20. The van der Waals surface area contributed by atoms with Crippen LogP contribution in [0.3, 0.4) is 0 Å². The average Bonchev–Trinajstić information content (AvgIpc) is 2.31. The van der Waals surface area contributed by atoms with E-state index in [2.05, 4.69) is 37.6 Å². The van der Waals surface area contributed by atoms with E-state index in [1.165, 1.54) is 25.1 Å². The van der Waals surface area contributed by atoms with E-state index in [1.807, 2.05) is 0 Å². The maximum atomic E-state index is 2.50. The molecule has 1 heterocycles. The standard InChI is InChI=1S/C9H19NS/c1-8(2)11-7-9-5-4-6-10(9)3/h8-9H,4-7H2,1-3H3/t9-/m0/s1. The molecule has 0 aromatic carbocycles. The maximum Gasteiger partial charge on any atom is 0.0183 e. The molecule has 1 nitrogen and oxygen atoms in total. The van der Waals surface area contributed by atoms with Gasteiger partial charge in [0.05, 0.1) is 0 Å². The zero-order valence-electron chi connectivity index (χ0n) is 7.84. The molecule has 0 bridgehead atoms. The fourth-order valence-electron chi connectivity index (χ4n) is 1.49. The molecule has 0 radical (unpaired) electrons. The highest BCUT2D eigenvalue weighted by molar-refractivity contribution is 7.99. The minimum Gasteiger partial charge on any atom is -0.303 e. The lowest BCUT2D eigenvalue weighted by Crippen LogP contribution is -2.27. The van der Waals surface area contributed by atoms with E-state index < -0.39 is 0 Å². The average molecular weight is 173 g/mol. The molecule has 0 saturated carbocycles. The Morgan fingerprint density at radius 2 is 2.27 bits per heavy atom. The molecule has 0 N–H and O–H groups in total. The minimum atomic E-state index is 0.795. The number of thioether (sulfide) groups is 1. The summed E-state index contributed by atoms with van der Waals surface area (Å²) in [6.45, 7) is 5.86. The van der Waals surface area contributed by atoms with E-state index in [1.54, 1.807) is 0 Å². The minimum absolute atomic E-state index is 0.795. The highest BCUT2D eigenvalue weighted by atomic mass is 32.2. The molecular formula is C9H19NS. The van der Waals surface area contributed by atoms with Crippen molar-refractivity contribution >= 4 is 11.8 Å². The van der Waals surface area contributed by atoms with Crippen molar-refractivity contribution in [2.75, 3.05) is 19.3 Å². The van der Waals surface area contributed by atoms with Crippen LogP contribution in [0.4, 0.5) is 0 Å². The zero-order valence-corrected chi connectivity index (χ0v) is 8.66. The Hall–Kier alpha value is 0.310. The fourth-order valence-corrected chi connectivity index (χ4v) is 2.52. The van der Waals surface area contributed by atoms with Gasteiger partial charge in [-0.2, -0.15) is 11.8 Å². The van der Waals surface area contributed by atoms with Gasteiger partial charge in [-0.1, -0.05) is 13.8 Å². The van der Waals surface area contributed by atoms with Gasteiger partial charge in [-0.3, -0.25) is 0 Å². The van der Waals surface area contributed by atoms with Crippen molar-refractivity contribution < 1.29 is 0 Å². The Morgan fingerprint density at radius 1 is 1.55 bits per heavy atom. The molecule has 0 aromatic rings. The number of hydrogen-bond donors (Lipinski definition) is 0. The lowest BCUT2D eigenvalue weighted by Gasteiger charge is -2.19. The summed E-state index contributed by atoms with van der Waals surface area (Å²) in [7, 11) is 2.25. The summed E-state index contributed by atoms with van der Waals surface area (Å²) in [6.07, 6.45) is 2.82. The van der Waals surface area contributed by atoms with Crippen LogP contribution in [0.5, 0.6) is 0 Å². The molecule has 2 heteroatoms. The van der Waals surface area contributed by atoms with Crippen LogP contribution in [-0.4, -0.2) is 35.5 Å². The van der Waals surface area contributed by atoms with E-state index >= 15 is 0 Å². The summed E-state index contributed by atoms with van der Waals surface area (Å²) in [5.41, 5.74) is 0. The molecule has 0 amide bonds. The second-order valence-electron chi connectivity index (χ2n) is 3.66. The first kappa shape index (κ1) is 9.40. The van der Waals surface area contributed by atoms with Gasteiger partial charge in [-0.15, -0.1) is 0 Å². The lowest BCUT2D eigenvalue weighted by atomic mass is 10.2. The molecule has 1 rings (SSSR count). The fraction of sp³-hybridized carbons (Fsp3) is 1.00. The van der Waals surface area contributed by atoms with Gasteiger partial charge in [0, 0.05) is 11.8 Å². The van der Waals surface area contributed by atoms with Crippen molar-refractivity contribution in [3.05, 3.63) is 0 Å². The molecule has 1 aliphatic rings. The van der Waals surface area contributed by atoms with Crippen molar-refractivity contribution in [3.63, 3.8) is 0 Å². The second kappa shape index (κ2) is 4.36. The van der Waals surface area contributed by atoms with E-state index in [9.17, 15) is 0 Å². The molecule has 0 aromatic heterocycles. The van der Waals surface area contributed by atoms with Crippen LogP contribution in [0.1, 0.15) is 26.7 Å². The predicted molar refractivity (Wildman–Crippen MR) is 53.2 cm³/mol. The van der Waals surface area contributed by atoms with Crippen molar-refractivity contribution in [3.8, 4) is 0 Å². The number of nitrogens with zero attached hydrogens (tertiary/aromatic N) is 1. The number of hydrogen-bond acceptors (Lipinski definition) is 2. The molecule has 1 aliphatic heterocycles. The molecule has 1 fully saturated rings. The quantitative estimate of drug-likeness (QED) is 0.644. The van der Waals surface area contributed by atoms with Crippen molar-refractivity contribution in [2.24, 2.45) is 0 Å². The van der Waals surface area contributed by atoms with E-state index in [0.717, 1.165) is 11.3 Å². The Kier molecular flexibility index (Phi) is 3.73. The third-order valence-electron chi connectivity index (χ3n) is 2.29. The smallest absolute Gasteiger partial charge is 0.0183 e. The van der Waals surface area contributed by atoms with Gasteiger partial charge in [-0.05, 0) is 31.7 Å². The summed E-state index contributed by atoms with van der Waals surface area (Å²) in [6, 6.07) is 0.863. The Bertz CT molecular complexity index is 114. The number of rotatable bonds is 3. The maximum absolute atomic E-state index is 2.50. The van der Waals surface area contributed by atoms with Gasteiger partial charge >= 0.3 is 0 Å². The van der Waals surface area contributed by atoms with Crippen molar-refractivity contribution in [1.82, 2.24) is 4.90 Å². The molecule has 0 spiro atoms.